The Bertz CT molecular complexity index is 543. The van der Waals surface area contributed by atoms with E-state index in [2.05, 4.69) is 49.0 Å². The molecule has 0 aliphatic carbocycles. The fourth-order valence-electron chi connectivity index (χ4n) is 2.24. The molecule has 1 aliphatic heterocycles. The molecule has 1 heterocycles. The third-order valence-corrected chi connectivity index (χ3v) is 3.22. The molecule has 2 aromatic carbocycles. The van der Waals surface area contributed by atoms with Crippen LogP contribution in [0.5, 0.6) is 5.75 Å². The average molecular weight is 222 g/mol. The fraction of sp³-hybridized carbons (Fsp3) is 0.125. The Kier molecular flexibility index (Phi) is 2.45. The van der Waals surface area contributed by atoms with Crippen LogP contribution in [0, 0.1) is 0 Å². The minimum atomic E-state index is 0.327. The van der Waals surface area contributed by atoms with Gasteiger partial charge in [0.1, 0.15) is 5.75 Å². The summed E-state index contributed by atoms with van der Waals surface area (Å²) in [5.41, 5.74) is 3.73. The van der Waals surface area contributed by atoms with Crippen molar-refractivity contribution in [3.63, 3.8) is 0 Å². The maximum absolute atomic E-state index is 5.62. The van der Waals surface area contributed by atoms with E-state index in [0.717, 1.165) is 12.4 Å². The summed E-state index contributed by atoms with van der Waals surface area (Å²) in [6, 6.07) is 16.8. The first-order chi connectivity index (χ1) is 8.38. The van der Waals surface area contributed by atoms with Crippen molar-refractivity contribution < 1.29 is 4.74 Å². The Morgan fingerprint density at radius 2 is 1.88 bits per heavy atom. The van der Waals surface area contributed by atoms with Crippen LogP contribution in [0.15, 0.2) is 61.2 Å². The van der Waals surface area contributed by atoms with Gasteiger partial charge in [0.05, 0.1) is 6.61 Å². The van der Waals surface area contributed by atoms with Gasteiger partial charge in [0.2, 0.25) is 0 Å². The van der Waals surface area contributed by atoms with Crippen molar-refractivity contribution in [1.82, 2.24) is 0 Å². The zero-order chi connectivity index (χ0) is 11.7. The first-order valence-electron chi connectivity index (χ1n) is 5.83. The molecule has 3 rings (SSSR count). The summed E-state index contributed by atoms with van der Waals surface area (Å²) in [5.74, 6) is 1.32. The molecule has 1 nitrogen and oxygen atoms in total. The molecule has 1 aliphatic rings. The van der Waals surface area contributed by atoms with Crippen molar-refractivity contribution >= 4 is 0 Å². The van der Waals surface area contributed by atoms with Gasteiger partial charge in [0, 0.05) is 11.5 Å². The van der Waals surface area contributed by atoms with E-state index in [1.54, 1.807) is 0 Å². The monoisotopic (exact) mass is 222 g/mol. The molecule has 84 valence electrons. The second kappa shape index (κ2) is 4.10. The highest BCUT2D eigenvalue weighted by molar-refractivity contribution is 5.66. The van der Waals surface area contributed by atoms with Crippen LogP contribution in [-0.4, -0.2) is 6.61 Å². The zero-order valence-electron chi connectivity index (χ0n) is 9.60. The van der Waals surface area contributed by atoms with Gasteiger partial charge < -0.3 is 4.74 Å². The standard InChI is InChI=1S/C16H14O/c1-2-12-11-17-16-9-8-14(10-15(12)16)13-6-4-3-5-7-13/h2-10,12H,1,11H2. The van der Waals surface area contributed by atoms with E-state index >= 15 is 0 Å². The molecule has 2 aromatic rings. The lowest BCUT2D eigenvalue weighted by Gasteiger charge is -2.06. The zero-order valence-corrected chi connectivity index (χ0v) is 9.60. The van der Waals surface area contributed by atoms with E-state index in [1.165, 1.54) is 16.7 Å². The summed E-state index contributed by atoms with van der Waals surface area (Å²) >= 11 is 0. The second-order valence-electron chi connectivity index (χ2n) is 4.27. The maximum Gasteiger partial charge on any atom is 0.123 e. The average Bonchev–Trinajstić information content (AvgIpc) is 2.81. The lowest BCUT2D eigenvalue weighted by Crippen LogP contribution is -1.95. The Labute approximate surface area is 101 Å². The molecule has 0 saturated carbocycles. The molecule has 17 heavy (non-hydrogen) atoms. The van der Waals surface area contributed by atoms with E-state index in [0.29, 0.717) is 5.92 Å². The van der Waals surface area contributed by atoms with Crippen molar-refractivity contribution in [3.8, 4) is 16.9 Å². The first-order valence-corrected chi connectivity index (χ1v) is 5.83. The molecule has 0 radical (unpaired) electrons. The quantitative estimate of drug-likeness (QED) is 0.697. The molecular weight excluding hydrogens is 208 g/mol. The summed E-state index contributed by atoms with van der Waals surface area (Å²) in [4.78, 5) is 0. The number of hydrogen-bond acceptors (Lipinski definition) is 1. The van der Waals surface area contributed by atoms with Crippen molar-refractivity contribution in [1.29, 1.82) is 0 Å². The minimum Gasteiger partial charge on any atom is -0.492 e. The lowest BCUT2D eigenvalue weighted by molar-refractivity contribution is 0.345. The Balaban J connectivity index is 2.07. The highest BCUT2D eigenvalue weighted by Gasteiger charge is 2.21. The van der Waals surface area contributed by atoms with E-state index in [1.807, 2.05) is 12.1 Å². The SMILES string of the molecule is C=CC1COc2ccc(-c3ccccc3)cc21. The summed E-state index contributed by atoms with van der Waals surface area (Å²) < 4.78 is 5.62. The topological polar surface area (TPSA) is 9.23 Å². The van der Waals surface area contributed by atoms with Crippen molar-refractivity contribution in [2.24, 2.45) is 0 Å². The van der Waals surface area contributed by atoms with Gasteiger partial charge in [0.15, 0.2) is 0 Å². The van der Waals surface area contributed by atoms with E-state index < -0.39 is 0 Å². The molecule has 0 fully saturated rings. The number of benzene rings is 2. The number of rotatable bonds is 2. The predicted octanol–water partition coefficient (Wildman–Crippen LogP) is 4.02. The lowest BCUT2D eigenvalue weighted by atomic mass is 9.96. The Hall–Kier alpha value is -2.02. The van der Waals surface area contributed by atoms with E-state index in [9.17, 15) is 0 Å². The van der Waals surface area contributed by atoms with E-state index in [-0.39, 0.29) is 0 Å². The van der Waals surface area contributed by atoms with Gasteiger partial charge >= 0.3 is 0 Å². The fourth-order valence-corrected chi connectivity index (χ4v) is 2.24. The van der Waals surface area contributed by atoms with Gasteiger partial charge in [-0.3, -0.25) is 0 Å². The minimum absolute atomic E-state index is 0.327. The molecular formula is C16H14O. The Morgan fingerprint density at radius 1 is 1.06 bits per heavy atom. The smallest absolute Gasteiger partial charge is 0.123 e. The maximum atomic E-state index is 5.62. The van der Waals surface area contributed by atoms with E-state index in [4.69, 9.17) is 4.74 Å². The van der Waals surface area contributed by atoms with Crippen molar-refractivity contribution in [2.75, 3.05) is 6.61 Å². The van der Waals surface area contributed by atoms with Crippen LogP contribution >= 0.6 is 0 Å². The van der Waals surface area contributed by atoms with Gasteiger partial charge in [-0.2, -0.15) is 0 Å². The van der Waals surface area contributed by atoms with Gasteiger partial charge in [-0.15, -0.1) is 6.58 Å². The molecule has 0 amide bonds. The van der Waals surface area contributed by atoms with Crippen LogP contribution < -0.4 is 4.74 Å². The van der Waals surface area contributed by atoms with Crippen LogP contribution in [0.4, 0.5) is 0 Å². The number of ether oxygens (including phenoxy) is 1. The first kappa shape index (κ1) is 10.2. The molecule has 0 spiro atoms. The largest absolute Gasteiger partial charge is 0.492 e. The molecule has 0 aromatic heterocycles. The normalized spacial score (nSPS) is 17.3. The number of hydrogen-bond donors (Lipinski definition) is 0. The van der Waals surface area contributed by atoms with Gasteiger partial charge in [-0.05, 0) is 23.3 Å². The van der Waals surface area contributed by atoms with Gasteiger partial charge in [-0.25, -0.2) is 0 Å². The van der Waals surface area contributed by atoms with Gasteiger partial charge in [0.25, 0.3) is 0 Å². The summed E-state index contributed by atoms with van der Waals surface area (Å²) in [6.45, 7) is 4.58. The molecule has 0 saturated heterocycles. The van der Waals surface area contributed by atoms with Crippen LogP contribution in [0.2, 0.25) is 0 Å². The summed E-state index contributed by atoms with van der Waals surface area (Å²) in [7, 11) is 0. The molecule has 0 bridgehead atoms. The molecule has 1 unspecified atom stereocenters. The summed E-state index contributed by atoms with van der Waals surface area (Å²) in [6.07, 6.45) is 1.96. The predicted molar refractivity (Wildman–Crippen MR) is 70.3 cm³/mol. The molecule has 0 N–H and O–H groups in total. The highest BCUT2D eigenvalue weighted by Crippen LogP contribution is 2.37. The van der Waals surface area contributed by atoms with Crippen molar-refractivity contribution in [2.45, 2.75) is 5.92 Å². The number of fused-ring (bicyclic) bond motifs is 1. The second-order valence-corrected chi connectivity index (χ2v) is 4.27. The molecule has 1 atom stereocenters. The third-order valence-electron chi connectivity index (χ3n) is 3.22. The summed E-state index contributed by atoms with van der Waals surface area (Å²) in [5, 5.41) is 0. The highest BCUT2D eigenvalue weighted by atomic mass is 16.5. The van der Waals surface area contributed by atoms with Crippen molar-refractivity contribution in [3.05, 3.63) is 66.7 Å². The van der Waals surface area contributed by atoms with Crippen LogP contribution in [0.25, 0.3) is 11.1 Å². The third kappa shape index (κ3) is 1.74. The van der Waals surface area contributed by atoms with Crippen LogP contribution in [0.1, 0.15) is 11.5 Å². The molecule has 1 heteroatoms. The van der Waals surface area contributed by atoms with Crippen LogP contribution in [-0.2, 0) is 0 Å². The van der Waals surface area contributed by atoms with Gasteiger partial charge in [-0.1, -0.05) is 42.5 Å². The Morgan fingerprint density at radius 3 is 2.65 bits per heavy atom. The van der Waals surface area contributed by atoms with Crippen LogP contribution in [0.3, 0.4) is 0 Å².